The Morgan fingerprint density at radius 3 is 3.12 bits per heavy atom. The van der Waals surface area contributed by atoms with Gasteiger partial charge in [0.1, 0.15) is 5.60 Å². The number of anilines is 1. The molecule has 16 heavy (non-hydrogen) atoms. The van der Waals surface area contributed by atoms with Crippen LogP contribution in [0.1, 0.15) is 18.4 Å². The van der Waals surface area contributed by atoms with E-state index in [0.29, 0.717) is 5.92 Å². The number of carbonyl (C=O) groups excluding carboxylic acids is 1. The van der Waals surface area contributed by atoms with Gasteiger partial charge in [-0.2, -0.15) is 0 Å². The van der Waals surface area contributed by atoms with E-state index in [4.69, 9.17) is 4.74 Å². The summed E-state index contributed by atoms with van der Waals surface area (Å²) in [6.45, 7) is 0.794. The van der Waals surface area contributed by atoms with Crippen LogP contribution in [0.5, 0.6) is 0 Å². The van der Waals surface area contributed by atoms with E-state index in [1.54, 1.807) is 0 Å². The molecule has 0 bridgehead atoms. The van der Waals surface area contributed by atoms with Crippen molar-refractivity contribution < 1.29 is 9.53 Å². The van der Waals surface area contributed by atoms with Crippen molar-refractivity contribution in [1.29, 1.82) is 0 Å². The van der Waals surface area contributed by atoms with Crippen molar-refractivity contribution in [3.05, 3.63) is 29.8 Å². The smallest absolute Gasteiger partial charge is 0.230 e. The fraction of sp³-hybridized carbons (Fsp3) is 0.462. The highest BCUT2D eigenvalue weighted by atomic mass is 16.5. The molecule has 1 aromatic rings. The predicted molar refractivity (Wildman–Crippen MR) is 58.9 cm³/mol. The zero-order chi connectivity index (χ0) is 10.8. The number of ether oxygens (including phenoxy) is 1. The zero-order valence-corrected chi connectivity index (χ0v) is 8.90. The Balaban J connectivity index is 1.95. The van der Waals surface area contributed by atoms with Crippen molar-refractivity contribution in [2.45, 2.75) is 18.4 Å². The summed E-state index contributed by atoms with van der Waals surface area (Å²) < 4.78 is 5.98. The predicted octanol–water partition coefficient (Wildman–Crippen LogP) is 1.89. The fourth-order valence-corrected chi connectivity index (χ4v) is 3.62. The van der Waals surface area contributed by atoms with Gasteiger partial charge in [0, 0.05) is 17.9 Å². The molecular formula is C13H13NO2. The first-order valence-corrected chi connectivity index (χ1v) is 5.87. The number of carbonyl (C=O) groups is 1. The van der Waals surface area contributed by atoms with E-state index in [-0.39, 0.29) is 17.4 Å². The quantitative estimate of drug-likeness (QED) is 0.717. The van der Waals surface area contributed by atoms with Crippen molar-refractivity contribution in [2.24, 2.45) is 11.8 Å². The first-order chi connectivity index (χ1) is 7.82. The molecular weight excluding hydrogens is 202 g/mol. The van der Waals surface area contributed by atoms with Crippen LogP contribution in [0.2, 0.25) is 0 Å². The molecule has 1 aromatic carbocycles. The standard InChI is InChI=1S/C13H13NO2/c15-12-10-7-8-5-6-16-13(8,10)9-3-1-2-4-11(9)14-12/h1-4,8,10H,5-7H2,(H,14,15)/t8-,10+,13+/m1/s1. The third-order valence-corrected chi connectivity index (χ3v) is 4.37. The Morgan fingerprint density at radius 2 is 2.25 bits per heavy atom. The molecule has 1 spiro atoms. The number of fused-ring (bicyclic) bond motifs is 1. The van der Waals surface area contributed by atoms with E-state index in [9.17, 15) is 4.79 Å². The summed E-state index contributed by atoms with van der Waals surface area (Å²) in [5, 5.41) is 2.98. The third-order valence-electron chi connectivity index (χ3n) is 4.37. The Morgan fingerprint density at radius 1 is 1.38 bits per heavy atom. The molecule has 1 saturated heterocycles. The second-order valence-corrected chi connectivity index (χ2v) is 4.95. The Hall–Kier alpha value is -1.35. The second kappa shape index (κ2) is 2.66. The maximum atomic E-state index is 12.0. The van der Waals surface area contributed by atoms with Gasteiger partial charge in [0.2, 0.25) is 5.91 Å². The monoisotopic (exact) mass is 215 g/mol. The lowest BCUT2D eigenvalue weighted by atomic mass is 9.56. The van der Waals surface area contributed by atoms with Crippen LogP contribution in [0.3, 0.4) is 0 Å². The van der Waals surface area contributed by atoms with Crippen LogP contribution in [0.4, 0.5) is 5.69 Å². The first kappa shape index (κ1) is 8.76. The minimum atomic E-state index is -0.279. The van der Waals surface area contributed by atoms with Gasteiger partial charge in [-0.05, 0) is 24.8 Å². The highest BCUT2D eigenvalue weighted by Crippen LogP contribution is 2.62. The van der Waals surface area contributed by atoms with Crippen LogP contribution in [-0.2, 0) is 15.1 Å². The molecule has 3 heteroatoms. The van der Waals surface area contributed by atoms with Gasteiger partial charge in [-0.15, -0.1) is 0 Å². The number of para-hydroxylation sites is 1. The first-order valence-electron chi connectivity index (χ1n) is 5.87. The summed E-state index contributed by atoms with van der Waals surface area (Å²) in [6, 6.07) is 8.05. The molecule has 0 aromatic heterocycles. The van der Waals surface area contributed by atoms with Crippen LogP contribution in [0.15, 0.2) is 24.3 Å². The van der Waals surface area contributed by atoms with Crippen molar-refractivity contribution in [1.82, 2.24) is 0 Å². The molecule has 3 atom stereocenters. The van der Waals surface area contributed by atoms with Gasteiger partial charge >= 0.3 is 0 Å². The molecule has 1 aliphatic carbocycles. The molecule has 3 nitrogen and oxygen atoms in total. The maximum absolute atomic E-state index is 12.0. The number of nitrogens with one attached hydrogen (secondary N) is 1. The Kier molecular flexibility index (Phi) is 1.46. The van der Waals surface area contributed by atoms with Crippen LogP contribution in [-0.4, -0.2) is 12.5 Å². The van der Waals surface area contributed by atoms with Gasteiger partial charge < -0.3 is 10.1 Å². The Labute approximate surface area is 93.8 Å². The van der Waals surface area contributed by atoms with E-state index >= 15 is 0 Å². The van der Waals surface area contributed by atoms with Gasteiger partial charge in [-0.1, -0.05) is 18.2 Å². The van der Waals surface area contributed by atoms with E-state index in [1.807, 2.05) is 18.2 Å². The minimum absolute atomic E-state index is 0.0369. The van der Waals surface area contributed by atoms with E-state index in [0.717, 1.165) is 25.1 Å². The maximum Gasteiger partial charge on any atom is 0.230 e. The molecule has 4 rings (SSSR count). The summed E-state index contributed by atoms with van der Waals surface area (Å²) in [5.41, 5.74) is 1.85. The molecule has 3 aliphatic rings. The molecule has 82 valence electrons. The van der Waals surface area contributed by atoms with E-state index in [1.165, 1.54) is 5.56 Å². The average molecular weight is 215 g/mol. The van der Waals surface area contributed by atoms with Gasteiger partial charge in [-0.25, -0.2) is 0 Å². The SMILES string of the molecule is O=C1Nc2ccccc2[C@@]23OCC[C@@H]2C[C@@H]13. The van der Waals surface area contributed by atoms with Crippen molar-refractivity contribution in [3.8, 4) is 0 Å². The summed E-state index contributed by atoms with van der Waals surface area (Å²) in [7, 11) is 0. The van der Waals surface area contributed by atoms with Crippen molar-refractivity contribution >= 4 is 11.6 Å². The second-order valence-electron chi connectivity index (χ2n) is 4.95. The lowest BCUT2D eigenvalue weighted by Crippen LogP contribution is -2.58. The summed E-state index contributed by atoms with van der Waals surface area (Å²) in [5.74, 6) is 0.719. The van der Waals surface area contributed by atoms with Gasteiger partial charge in [0.05, 0.1) is 5.92 Å². The van der Waals surface area contributed by atoms with E-state index in [2.05, 4.69) is 11.4 Å². The highest BCUT2D eigenvalue weighted by Gasteiger charge is 2.65. The summed E-state index contributed by atoms with van der Waals surface area (Å²) >= 11 is 0. The molecule has 1 amide bonds. The van der Waals surface area contributed by atoms with Crippen molar-refractivity contribution in [3.63, 3.8) is 0 Å². The molecule has 1 N–H and O–H groups in total. The van der Waals surface area contributed by atoms with Crippen molar-refractivity contribution in [2.75, 3.05) is 11.9 Å². The molecule has 0 radical (unpaired) electrons. The van der Waals surface area contributed by atoms with Crippen LogP contribution >= 0.6 is 0 Å². The van der Waals surface area contributed by atoms with Crippen LogP contribution < -0.4 is 5.32 Å². The number of amides is 1. The highest BCUT2D eigenvalue weighted by molar-refractivity contribution is 5.98. The number of rotatable bonds is 0. The molecule has 2 fully saturated rings. The minimum Gasteiger partial charge on any atom is -0.369 e. The van der Waals surface area contributed by atoms with Crippen LogP contribution in [0, 0.1) is 11.8 Å². The third kappa shape index (κ3) is 0.789. The van der Waals surface area contributed by atoms with Gasteiger partial charge in [0.15, 0.2) is 0 Å². The topological polar surface area (TPSA) is 38.3 Å². The number of hydrogen-bond acceptors (Lipinski definition) is 2. The van der Waals surface area contributed by atoms with Crippen LogP contribution in [0.25, 0.3) is 0 Å². The summed E-state index contributed by atoms with van der Waals surface area (Å²) in [6.07, 6.45) is 2.08. The average Bonchev–Trinajstić information content (AvgIpc) is 2.57. The van der Waals surface area contributed by atoms with Gasteiger partial charge in [-0.3, -0.25) is 4.79 Å². The molecule has 0 unspecified atom stereocenters. The Bertz CT molecular complexity index is 485. The normalized spacial score (nSPS) is 39.1. The largest absolute Gasteiger partial charge is 0.369 e. The van der Waals surface area contributed by atoms with E-state index < -0.39 is 0 Å². The number of hydrogen-bond donors (Lipinski definition) is 1. The molecule has 2 aliphatic heterocycles. The zero-order valence-electron chi connectivity index (χ0n) is 8.90. The van der Waals surface area contributed by atoms with Gasteiger partial charge in [0.25, 0.3) is 0 Å². The fourth-order valence-electron chi connectivity index (χ4n) is 3.62. The molecule has 1 saturated carbocycles. The lowest BCUT2D eigenvalue weighted by molar-refractivity contribution is -0.165. The lowest BCUT2D eigenvalue weighted by Gasteiger charge is -2.53. The summed E-state index contributed by atoms with van der Waals surface area (Å²) in [4.78, 5) is 12.0. The number of benzene rings is 1. The molecule has 2 heterocycles.